The van der Waals surface area contributed by atoms with Crippen molar-refractivity contribution in [3.8, 4) is 0 Å². The Morgan fingerprint density at radius 1 is 0.762 bits per heavy atom. The minimum atomic E-state index is -1.15. The van der Waals surface area contributed by atoms with Gasteiger partial charge < -0.3 is 9.47 Å². The van der Waals surface area contributed by atoms with Crippen LogP contribution in [0.15, 0.2) is 25.3 Å². The molecule has 0 N–H and O–H groups in total. The average Bonchev–Trinajstić information content (AvgIpc) is 2.51. The van der Waals surface area contributed by atoms with Gasteiger partial charge in [0.15, 0.2) is 0 Å². The van der Waals surface area contributed by atoms with E-state index in [0.29, 0.717) is 6.42 Å². The summed E-state index contributed by atoms with van der Waals surface area (Å²) in [5, 5.41) is 0. The fourth-order valence-electron chi connectivity index (χ4n) is 3.88. The fourth-order valence-corrected chi connectivity index (χ4v) is 3.88. The number of esters is 2. The fraction of sp³-hybridized carbons (Fsp3) is 0.647. The van der Waals surface area contributed by atoms with Crippen molar-refractivity contribution in [1.29, 1.82) is 0 Å². The SMILES string of the molecule is C=CC(=O)OC1(OC(=O)C=C)CCCCC12CCCCC2. The number of hydrogen-bond acceptors (Lipinski definition) is 4. The molecule has 0 atom stereocenters. The molecule has 2 aliphatic carbocycles. The number of ether oxygens (including phenoxy) is 2. The van der Waals surface area contributed by atoms with Crippen molar-refractivity contribution in [2.75, 3.05) is 0 Å². The van der Waals surface area contributed by atoms with Gasteiger partial charge in [-0.05, 0) is 25.7 Å². The van der Waals surface area contributed by atoms with Crippen LogP contribution in [0.1, 0.15) is 57.8 Å². The zero-order valence-electron chi connectivity index (χ0n) is 12.6. The van der Waals surface area contributed by atoms with Crippen LogP contribution in [0.25, 0.3) is 0 Å². The van der Waals surface area contributed by atoms with Crippen molar-refractivity contribution < 1.29 is 19.1 Å². The quantitative estimate of drug-likeness (QED) is 0.451. The zero-order valence-corrected chi connectivity index (χ0v) is 12.6. The normalized spacial score (nSPS) is 23.0. The van der Waals surface area contributed by atoms with Crippen LogP contribution in [0.5, 0.6) is 0 Å². The first-order valence-electron chi connectivity index (χ1n) is 7.78. The standard InChI is InChI=1S/C17H24O4/c1-3-14(18)20-17(21-15(19)4-2)13-9-8-12-16(17)10-6-5-7-11-16/h3-4H,1-2,5-13H2. The van der Waals surface area contributed by atoms with Crippen molar-refractivity contribution in [3.05, 3.63) is 25.3 Å². The summed E-state index contributed by atoms with van der Waals surface area (Å²) in [6.45, 7) is 6.91. The van der Waals surface area contributed by atoms with Gasteiger partial charge in [0.1, 0.15) is 0 Å². The summed E-state index contributed by atoms with van der Waals surface area (Å²) < 4.78 is 11.3. The molecule has 0 heterocycles. The second-order valence-corrected chi connectivity index (χ2v) is 6.05. The number of carbonyl (C=O) groups is 2. The number of rotatable bonds is 4. The molecule has 116 valence electrons. The van der Waals surface area contributed by atoms with E-state index in [0.717, 1.165) is 57.1 Å². The van der Waals surface area contributed by atoms with Crippen LogP contribution >= 0.6 is 0 Å². The third-order valence-corrected chi connectivity index (χ3v) is 4.89. The molecule has 0 bridgehead atoms. The summed E-state index contributed by atoms with van der Waals surface area (Å²) in [4.78, 5) is 23.6. The highest BCUT2D eigenvalue weighted by Gasteiger charge is 2.58. The predicted molar refractivity (Wildman–Crippen MR) is 79.3 cm³/mol. The van der Waals surface area contributed by atoms with Gasteiger partial charge in [0.2, 0.25) is 0 Å². The van der Waals surface area contributed by atoms with Gasteiger partial charge in [-0.25, -0.2) is 9.59 Å². The topological polar surface area (TPSA) is 52.6 Å². The Hall–Kier alpha value is -1.58. The van der Waals surface area contributed by atoms with Crippen LogP contribution < -0.4 is 0 Å². The molecule has 0 radical (unpaired) electrons. The third kappa shape index (κ3) is 3.04. The van der Waals surface area contributed by atoms with E-state index in [1.165, 1.54) is 6.42 Å². The van der Waals surface area contributed by atoms with Crippen LogP contribution in [-0.2, 0) is 19.1 Å². The predicted octanol–water partition coefficient (Wildman–Crippen LogP) is 3.67. The van der Waals surface area contributed by atoms with Crippen LogP contribution in [-0.4, -0.2) is 17.7 Å². The monoisotopic (exact) mass is 292 g/mol. The molecule has 2 rings (SSSR count). The molecule has 0 aliphatic heterocycles. The Bertz CT molecular complexity index is 402. The highest BCUT2D eigenvalue weighted by atomic mass is 16.7. The van der Waals surface area contributed by atoms with E-state index >= 15 is 0 Å². The molecule has 4 heteroatoms. The molecule has 2 fully saturated rings. The molecule has 0 aromatic carbocycles. The summed E-state index contributed by atoms with van der Waals surface area (Å²) in [5.74, 6) is -2.21. The van der Waals surface area contributed by atoms with Crippen molar-refractivity contribution in [2.45, 2.75) is 63.6 Å². The molecule has 0 aromatic rings. The highest BCUT2D eigenvalue weighted by Crippen LogP contribution is 2.55. The Morgan fingerprint density at radius 2 is 1.19 bits per heavy atom. The molecule has 4 nitrogen and oxygen atoms in total. The molecule has 2 aliphatic rings. The first kappa shape index (κ1) is 15.8. The maximum atomic E-state index is 11.8. The summed E-state index contributed by atoms with van der Waals surface area (Å²) >= 11 is 0. The lowest BCUT2D eigenvalue weighted by Gasteiger charge is -2.52. The summed E-state index contributed by atoms with van der Waals surface area (Å²) in [6, 6.07) is 0. The van der Waals surface area contributed by atoms with Gasteiger partial charge >= 0.3 is 11.9 Å². The average molecular weight is 292 g/mol. The minimum absolute atomic E-state index is 0.249. The molecule has 0 aromatic heterocycles. The molecule has 1 spiro atoms. The second-order valence-electron chi connectivity index (χ2n) is 6.05. The van der Waals surface area contributed by atoms with Crippen molar-refractivity contribution in [1.82, 2.24) is 0 Å². The lowest BCUT2D eigenvalue weighted by Crippen LogP contribution is -2.56. The van der Waals surface area contributed by atoms with Crippen molar-refractivity contribution in [3.63, 3.8) is 0 Å². The number of carbonyl (C=O) groups excluding carboxylic acids is 2. The van der Waals surface area contributed by atoms with Crippen molar-refractivity contribution in [2.24, 2.45) is 5.41 Å². The smallest absolute Gasteiger partial charge is 0.333 e. The van der Waals surface area contributed by atoms with E-state index < -0.39 is 17.7 Å². The third-order valence-electron chi connectivity index (χ3n) is 4.89. The van der Waals surface area contributed by atoms with Gasteiger partial charge in [0.05, 0.1) is 0 Å². The summed E-state index contributed by atoms with van der Waals surface area (Å²) in [6.07, 6.45) is 10.9. The van der Waals surface area contributed by atoms with E-state index in [1.54, 1.807) is 0 Å². The van der Waals surface area contributed by atoms with Crippen LogP contribution in [0, 0.1) is 5.41 Å². The van der Waals surface area contributed by atoms with Gasteiger partial charge in [0, 0.05) is 24.0 Å². The van der Waals surface area contributed by atoms with E-state index in [2.05, 4.69) is 13.2 Å². The number of hydrogen-bond donors (Lipinski definition) is 0. The Balaban J connectivity index is 2.36. The largest absolute Gasteiger partial charge is 0.419 e. The van der Waals surface area contributed by atoms with Gasteiger partial charge in [-0.3, -0.25) is 0 Å². The first-order valence-corrected chi connectivity index (χ1v) is 7.78. The molecular formula is C17H24O4. The van der Waals surface area contributed by atoms with Crippen LogP contribution in [0.2, 0.25) is 0 Å². The first-order chi connectivity index (χ1) is 10.1. The molecule has 21 heavy (non-hydrogen) atoms. The molecule has 2 saturated carbocycles. The Labute approximate surface area is 126 Å². The minimum Gasteiger partial charge on any atom is -0.419 e. The van der Waals surface area contributed by atoms with Crippen LogP contribution in [0.3, 0.4) is 0 Å². The molecule has 0 unspecified atom stereocenters. The van der Waals surface area contributed by atoms with E-state index in [4.69, 9.17) is 9.47 Å². The summed E-state index contributed by atoms with van der Waals surface area (Å²) in [5.41, 5.74) is -0.249. The molecular weight excluding hydrogens is 268 g/mol. The lowest BCUT2D eigenvalue weighted by atomic mass is 9.61. The van der Waals surface area contributed by atoms with E-state index in [-0.39, 0.29) is 5.41 Å². The second kappa shape index (κ2) is 6.46. The van der Waals surface area contributed by atoms with Gasteiger partial charge in [-0.15, -0.1) is 0 Å². The highest BCUT2D eigenvalue weighted by molar-refractivity contribution is 5.83. The van der Waals surface area contributed by atoms with Crippen LogP contribution in [0.4, 0.5) is 0 Å². The maximum absolute atomic E-state index is 11.8. The van der Waals surface area contributed by atoms with Gasteiger partial charge in [0.25, 0.3) is 5.79 Å². The summed E-state index contributed by atoms with van der Waals surface area (Å²) in [7, 11) is 0. The molecule has 0 saturated heterocycles. The maximum Gasteiger partial charge on any atom is 0.333 e. The lowest BCUT2D eigenvalue weighted by molar-refractivity contribution is -0.288. The Kier molecular flexibility index (Phi) is 4.86. The molecule has 0 amide bonds. The van der Waals surface area contributed by atoms with E-state index in [9.17, 15) is 9.59 Å². The van der Waals surface area contributed by atoms with Crippen molar-refractivity contribution >= 4 is 11.9 Å². The zero-order chi connectivity index (χ0) is 15.3. The van der Waals surface area contributed by atoms with Gasteiger partial charge in [-0.1, -0.05) is 38.8 Å². The van der Waals surface area contributed by atoms with Gasteiger partial charge in [-0.2, -0.15) is 0 Å². The van der Waals surface area contributed by atoms with E-state index in [1.807, 2.05) is 0 Å². The Morgan fingerprint density at radius 3 is 1.67 bits per heavy atom.